The van der Waals surface area contributed by atoms with Crippen LogP contribution >= 0.6 is 0 Å². The molecule has 0 bridgehead atoms. The second-order valence-corrected chi connectivity index (χ2v) is 11.3. The minimum absolute atomic E-state index is 0.604. The molecule has 0 saturated carbocycles. The molecule has 2 atom stereocenters. The van der Waals surface area contributed by atoms with Crippen LogP contribution in [0.25, 0.3) is 0 Å². The van der Waals surface area contributed by atoms with Gasteiger partial charge in [-0.05, 0) is 31.2 Å². The van der Waals surface area contributed by atoms with Gasteiger partial charge in [0.1, 0.15) is 18.4 Å². The molecule has 2 heteroatoms. The van der Waals surface area contributed by atoms with Crippen molar-refractivity contribution in [2.24, 2.45) is 5.92 Å². The number of nitrogens with zero attached hydrogens (tertiary/aromatic N) is 1. The highest BCUT2D eigenvalue weighted by atomic mass is 15.1. The predicted molar refractivity (Wildman–Crippen MR) is 157 cm³/mol. The van der Waals surface area contributed by atoms with Crippen LogP contribution in [-0.4, -0.2) is 4.98 Å². The van der Waals surface area contributed by atoms with Crippen LogP contribution in [0.1, 0.15) is 154 Å². The first-order chi connectivity index (χ1) is 17.8. The lowest BCUT2D eigenvalue weighted by atomic mass is 9.84. The molecule has 1 aromatic heterocycles. The zero-order chi connectivity index (χ0) is 25.5. The Hall–Kier alpha value is -1.57. The minimum Gasteiger partial charge on any atom is -0.250 e. The van der Waals surface area contributed by atoms with Gasteiger partial charge < -0.3 is 0 Å². The predicted octanol–water partition coefficient (Wildman–Crippen LogP) is 10.5. The summed E-state index contributed by atoms with van der Waals surface area (Å²) in [6, 6.07) is 11.8. The Kier molecular flexibility index (Phi) is 18.3. The van der Waals surface area contributed by atoms with Crippen LogP contribution in [0.15, 0.2) is 49.1 Å². The molecule has 36 heavy (non-hydrogen) atoms. The standard InChI is InChI=1S/C34H58N2/c1-3-5-7-8-9-10-11-12-13-14-15-16-17-18-19-23-26-33(30-32-24-21-20-22-25-32)34(27-6-4-2)36-29-28-35-31-36/h20-22,24-25,28-29,31,33-34H,3-19,23,26-27,30H2,1-2H3/p+1. The summed E-state index contributed by atoms with van der Waals surface area (Å²) in [6.07, 6.45) is 36.0. The van der Waals surface area contributed by atoms with Gasteiger partial charge in [-0.15, -0.1) is 0 Å². The maximum Gasteiger partial charge on any atom is 0.241 e. The monoisotopic (exact) mass is 495 g/mol. The molecule has 0 aliphatic carbocycles. The lowest BCUT2D eigenvalue weighted by molar-refractivity contribution is -0.730. The number of aromatic amines is 1. The van der Waals surface area contributed by atoms with Gasteiger partial charge in [0.25, 0.3) is 0 Å². The van der Waals surface area contributed by atoms with Crippen LogP contribution in [-0.2, 0) is 6.42 Å². The van der Waals surface area contributed by atoms with E-state index in [-0.39, 0.29) is 0 Å². The summed E-state index contributed by atoms with van der Waals surface area (Å²) < 4.78 is 2.45. The van der Waals surface area contributed by atoms with E-state index in [4.69, 9.17) is 0 Å². The number of aromatic nitrogens is 2. The number of imidazole rings is 1. The number of hydrogen-bond acceptors (Lipinski definition) is 0. The molecule has 0 amide bonds. The third kappa shape index (κ3) is 14.2. The second kappa shape index (κ2) is 21.5. The van der Waals surface area contributed by atoms with Crippen LogP contribution in [0.2, 0.25) is 0 Å². The molecule has 2 rings (SSSR count). The number of H-pyrrole nitrogens is 1. The van der Waals surface area contributed by atoms with Gasteiger partial charge in [-0.3, -0.25) is 4.98 Å². The third-order valence-electron chi connectivity index (χ3n) is 8.12. The lowest BCUT2D eigenvalue weighted by Crippen LogP contribution is -2.42. The van der Waals surface area contributed by atoms with Gasteiger partial charge in [0.05, 0.1) is 0 Å². The molecule has 2 unspecified atom stereocenters. The zero-order valence-corrected chi connectivity index (χ0v) is 24.1. The van der Waals surface area contributed by atoms with Crippen molar-refractivity contribution >= 4 is 0 Å². The molecule has 0 saturated heterocycles. The molecule has 0 aliphatic heterocycles. The fraction of sp³-hybridized carbons (Fsp3) is 0.735. The molecule has 1 N–H and O–H groups in total. The molecule has 0 spiro atoms. The third-order valence-corrected chi connectivity index (χ3v) is 8.12. The quantitative estimate of drug-likeness (QED) is 0.110. The first-order valence-electron chi connectivity index (χ1n) is 15.9. The van der Waals surface area contributed by atoms with Gasteiger partial charge >= 0.3 is 0 Å². The topological polar surface area (TPSA) is 19.7 Å². The smallest absolute Gasteiger partial charge is 0.241 e. The number of hydrogen-bond donors (Lipinski definition) is 1. The van der Waals surface area contributed by atoms with E-state index < -0.39 is 0 Å². The van der Waals surface area contributed by atoms with Crippen LogP contribution in [0, 0.1) is 5.92 Å². The van der Waals surface area contributed by atoms with E-state index in [0.29, 0.717) is 12.0 Å². The van der Waals surface area contributed by atoms with E-state index in [2.05, 4.69) is 72.5 Å². The van der Waals surface area contributed by atoms with Crippen molar-refractivity contribution in [2.45, 2.75) is 155 Å². The number of unbranched alkanes of at least 4 members (excludes halogenated alkanes) is 16. The van der Waals surface area contributed by atoms with Crippen molar-refractivity contribution in [1.29, 1.82) is 0 Å². The molecular formula is C34H59N2+. The molecule has 0 fully saturated rings. The molecule has 204 valence electrons. The van der Waals surface area contributed by atoms with E-state index in [1.165, 1.54) is 140 Å². The van der Waals surface area contributed by atoms with Gasteiger partial charge in [-0.1, -0.05) is 153 Å². The average Bonchev–Trinajstić information content (AvgIpc) is 3.44. The normalized spacial score (nSPS) is 13.2. The summed E-state index contributed by atoms with van der Waals surface area (Å²) in [5.74, 6) is 0.714. The molecule has 2 aromatic rings. The summed E-state index contributed by atoms with van der Waals surface area (Å²) in [6.45, 7) is 4.62. The van der Waals surface area contributed by atoms with Crippen LogP contribution in [0.3, 0.4) is 0 Å². The fourth-order valence-corrected chi connectivity index (χ4v) is 5.85. The van der Waals surface area contributed by atoms with Crippen molar-refractivity contribution in [3.63, 3.8) is 0 Å². The summed E-state index contributed by atoms with van der Waals surface area (Å²) in [5.41, 5.74) is 1.50. The van der Waals surface area contributed by atoms with E-state index >= 15 is 0 Å². The second-order valence-electron chi connectivity index (χ2n) is 11.3. The Labute approximate surface area is 224 Å². The Balaban J connectivity index is 1.60. The van der Waals surface area contributed by atoms with Gasteiger partial charge in [-0.2, -0.15) is 0 Å². The molecule has 1 heterocycles. The molecule has 0 radical (unpaired) electrons. The highest BCUT2D eigenvalue weighted by molar-refractivity contribution is 5.15. The van der Waals surface area contributed by atoms with Gasteiger partial charge in [-0.25, -0.2) is 4.57 Å². The number of nitrogens with one attached hydrogen (secondary N) is 1. The van der Waals surface area contributed by atoms with Crippen molar-refractivity contribution in [1.82, 2.24) is 4.98 Å². The van der Waals surface area contributed by atoms with Crippen molar-refractivity contribution < 1.29 is 4.57 Å². The minimum atomic E-state index is 0.604. The summed E-state index contributed by atoms with van der Waals surface area (Å²) in [7, 11) is 0. The molecule has 1 aromatic carbocycles. The van der Waals surface area contributed by atoms with Crippen molar-refractivity contribution in [3.05, 3.63) is 54.6 Å². The van der Waals surface area contributed by atoms with E-state index in [0.717, 1.165) is 0 Å². The van der Waals surface area contributed by atoms with Crippen LogP contribution < -0.4 is 4.57 Å². The van der Waals surface area contributed by atoms with E-state index in [9.17, 15) is 0 Å². The van der Waals surface area contributed by atoms with Gasteiger partial charge in [0.15, 0.2) is 0 Å². The largest absolute Gasteiger partial charge is 0.250 e. The van der Waals surface area contributed by atoms with Crippen LogP contribution in [0.5, 0.6) is 0 Å². The van der Waals surface area contributed by atoms with Crippen molar-refractivity contribution in [3.8, 4) is 0 Å². The molecule has 0 aliphatic rings. The Morgan fingerprint density at radius 2 is 1.14 bits per heavy atom. The fourth-order valence-electron chi connectivity index (χ4n) is 5.85. The number of rotatable bonds is 24. The highest BCUT2D eigenvalue weighted by Crippen LogP contribution is 2.28. The number of benzene rings is 1. The van der Waals surface area contributed by atoms with Gasteiger partial charge in [0, 0.05) is 5.92 Å². The SMILES string of the molecule is CCCCCCCCCCCCCCCCCCC(Cc1ccccc1)C(CCCC)[n+]1cc[nH]c1. The highest BCUT2D eigenvalue weighted by Gasteiger charge is 2.26. The Morgan fingerprint density at radius 1 is 0.611 bits per heavy atom. The summed E-state index contributed by atoms with van der Waals surface area (Å²) in [4.78, 5) is 3.29. The zero-order valence-electron chi connectivity index (χ0n) is 24.1. The Bertz CT molecular complexity index is 693. The summed E-state index contributed by atoms with van der Waals surface area (Å²) in [5, 5.41) is 0. The first kappa shape index (κ1) is 30.7. The maximum atomic E-state index is 3.29. The molecule has 2 nitrogen and oxygen atoms in total. The van der Waals surface area contributed by atoms with E-state index in [1.807, 2.05) is 0 Å². The maximum absolute atomic E-state index is 3.29. The average molecular weight is 496 g/mol. The van der Waals surface area contributed by atoms with Crippen LogP contribution in [0.4, 0.5) is 0 Å². The lowest BCUT2D eigenvalue weighted by Gasteiger charge is -2.25. The first-order valence-corrected chi connectivity index (χ1v) is 15.9. The van der Waals surface area contributed by atoms with E-state index in [1.54, 1.807) is 0 Å². The summed E-state index contributed by atoms with van der Waals surface area (Å²) >= 11 is 0. The van der Waals surface area contributed by atoms with Gasteiger partial charge in [0.2, 0.25) is 6.33 Å². The van der Waals surface area contributed by atoms with Crippen molar-refractivity contribution in [2.75, 3.05) is 0 Å². The Morgan fingerprint density at radius 3 is 1.64 bits per heavy atom. The molecular weight excluding hydrogens is 436 g/mol.